The Morgan fingerprint density at radius 3 is 0.700 bits per heavy atom. The van der Waals surface area contributed by atoms with Crippen LogP contribution in [0.15, 0.2) is 0 Å². The molecule has 8 bridgehead atoms. The van der Waals surface area contributed by atoms with Gasteiger partial charge >= 0.3 is 0 Å². The number of rotatable bonds is 8. The maximum absolute atomic E-state index is 14.4. The van der Waals surface area contributed by atoms with Crippen molar-refractivity contribution in [1.82, 2.24) is 61.9 Å². The average Bonchev–Trinajstić information content (AvgIpc) is 3.98. The van der Waals surface area contributed by atoms with Gasteiger partial charge in [-0.15, -0.1) is 0 Å². The predicted octanol–water partition coefficient (Wildman–Crippen LogP) is -6.31. The molecular formula is C32H64N16O8S4. The van der Waals surface area contributed by atoms with Crippen LogP contribution in [-0.4, -0.2) is 104 Å². The molecule has 0 amide bonds. The first-order valence-electron chi connectivity index (χ1n) is 21.5. The van der Waals surface area contributed by atoms with Crippen molar-refractivity contribution in [3.8, 4) is 0 Å². The van der Waals surface area contributed by atoms with E-state index in [4.69, 9.17) is 23.4 Å². The molecule has 24 nitrogen and oxygen atoms in total. The van der Waals surface area contributed by atoms with Crippen molar-refractivity contribution < 1.29 is 33.7 Å². The summed E-state index contributed by atoms with van der Waals surface area (Å²) in [6, 6.07) is 0. The van der Waals surface area contributed by atoms with Gasteiger partial charge in [-0.1, -0.05) is 38.5 Å². The van der Waals surface area contributed by atoms with Gasteiger partial charge in [-0.3, -0.25) is 65.9 Å². The normalized spacial score (nSPS) is 48.5. The molecule has 5 saturated heterocycles. The number of nitrogens with one attached hydrogen (secondary N) is 12. The van der Waals surface area contributed by atoms with Crippen molar-refractivity contribution in [2.24, 2.45) is 70.7 Å². The largest absolute Gasteiger partial charge is 0.286 e. The Morgan fingerprint density at radius 1 is 0.300 bits per heavy atom. The van der Waals surface area contributed by atoms with E-state index in [9.17, 15) is 33.7 Å². The molecule has 9 fully saturated rings. The lowest BCUT2D eigenvalue weighted by Gasteiger charge is -2.48. The summed E-state index contributed by atoms with van der Waals surface area (Å²) < 4.78 is 114. The average molecular weight is 929 g/mol. The number of fused-ring (bicyclic) bond motifs is 20. The summed E-state index contributed by atoms with van der Waals surface area (Å²) in [7, 11) is -20.4. The minimum atomic E-state index is -5.19. The maximum atomic E-state index is 14.4. The molecule has 5 aliphatic heterocycles. The van der Waals surface area contributed by atoms with Crippen LogP contribution in [0.5, 0.6) is 0 Å². The van der Waals surface area contributed by atoms with E-state index in [1.807, 2.05) is 0 Å². The Bertz CT molecular complexity index is 1920. The van der Waals surface area contributed by atoms with Crippen LogP contribution in [0.25, 0.3) is 0 Å². The fraction of sp³-hybridized carbons (Fsp3) is 1.00. The standard InChI is InChI=1S/C32H64N16O8S4/c33-45-57(49,50)21-19-20(22(58(51,52)46-34)24(60(55,56)48-36)23(21)59(53,54)47-35)32-43-30-18-12-6-4-10-16(18)28(41-30)39-26-14-8-2-1-7-13(14)25(37-26)38-27-15-9-3-5-11-17(15)29(40-27)42-31(19)44-32/h13-32,37-48H,1-12,33-36H2. The van der Waals surface area contributed by atoms with E-state index in [0.29, 0.717) is 11.8 Å². The van der Waals surface area contributed by atoms with Gasteiger partial charge in [0.05, 0.1) is 49.3 Å². The lowest BCUT2D eigenvalue weighted by molar-refractivity contribution is 0.169. The summed E-state index contributed by atoms with van der Waals surface area (Å²) in [5.74, 6) is 20.7. The van der Waals surface area contributed by atoms with Crippen molar-refractivity contribution in [2.75, 3.05) is 0 Å². The molecule has 0 spiro atoms. The molecule has 28 heteroatoms. The summed E-state index contributed by atoms with van der Waals surface area (Å²) in [6.07, 6.45) is 8.64. The van der Waals surface area contributed by atoms with E-state index in [0.717, 1.165) is 77.0 Å². The molecule has 60 heavy (non-hydrogen) atoms. The fourth-order valence-corrected chi connectivity index (χ4v) is 21.9. The fourth-order valence-electron chi connectivity index (χ4n) is 13.8. The van der Waals surface area contributed by atoms with Gasteiger partial charge in [-0.25, -0.2) is 33.7 Å². The number of hydrazine groups is 4. The minimum Gasteiger partial charge on any atom is -0.286 e. The van der Waals surface area contributed by atoms with Crippen LogP contribution in [0.2, 0.25) is 0 Å². The van der Waals surface area contributed by atoms with Gasteiger partial charge in [-0.2, -0.15) is 19.3 Å². The number of sulfonamides is 4. The third-order valence-electron chi connectivity index (χ3n) is 16.1. The molecule has 20 atom stereocenters. The van der Waals surface area contributed by atoms with Gasteiger partial charge < -0.3 is 0 Å². The monoisotopic (exact) mass is 928 g/mol. The predicted molar refractivity (Wildman–Crippen MR) is 219 cm³/mol. The highest BCUT2D eigenvalue weighted by atomic mass is 32.2. The molecule has 20 unspecified atom stereocenters. The van der Waals surface area contributed by atoms with Crippen LogP contribution in [0.3, 0.4) is 0 Å². The molecule has 9 rings (SSSR count). The van der Waals surface area contributed by atoms with Crippen LogP contribution in [0.1, 0.15) is 77.0 Å². The minimum absolute atomic E-state index is 0.0263. The molecule has 9 aliphatic rings. The molecule has 4 saturated carbocycles. The van der Waals surface area contributed by atoms with Gasteiger partial charge in [0.1, 0.15) is 21.0 Å². The third kappa shape index (κ3) is 7.39. The highest BCUT2D eigenvalue weighted by molar-refractivity contribution is 7.97. The van der Waals surface area contributed by atoms with Crippen LogP contribution in [0.4, 0.5) is 0 Å². The third-order valence-corrected chi connectivity index (χ3v) is 23.2. The van der Waals surface area contributed by atoms with Gasteiger partial charge in [0.25, 0.3) is 0 Å². The second-order valence-corrected chi connectivity index (χ2v) is 26.1. The van der Waals surface area contributed by atoms with Crippen molar-refractivity contribution in [3.05, 3.63) is 0 Å². The molecule has 20 N–H and O–H groups in total. The summed E-state index contributed by atoms with van der Waals surface area (Å²) in [6.45, 7) is 0. The topological polar surface area (TPSA) is 385 Å². The lowest BCUT2D eigenvalue weighted by Crippen LogP contribution is -2.74. The smallest absolute Gasteiger partial charge is 0.229 e. The molecule has 344 valence electrons. The Kier molecular flexibility index (Phi) is 12.2. The van der Waals surface area contributed by atoms with Crippen LogP contribution in [0, 0.1) is 47.3 Å². The number of hydrogen-bond donors (Lipinski definition) is 16. The van der Waals surface area contributed by atoms with E-state index in [1.165, 1.54) is 0 Å². The van der Waals surface area contributed by atoms with Crippen molar-refractivity contribution in [2.45, 2.75) is 147 Å². The maximum Gasteiger partial charge on any atom is 0.229 e. The van der Waals surface area contributed by atoms with Gasteiger partial charge in [-0.05, 0) is 74.0 Å². The van der Waals surface area contributed by atoms with Crippen molar-refractivity contribution >= 4 is 40.1 Å². The molecule has 0 radical (unpaired) electrons. The zero-order chi connectivity index (χ0) is 42.5. The van der Waals surface area contributed by atoms with Crippen LogP contribution in [-0.2, 0) is 40.1 Å². The number of nitrogens with two attached hydrogens (primary N) is 4. The molecule has 5 heterocycles. The first kappa shape index (κ1) is 44.4. The molecule has 4 aliphatic carbocycles. The zero-order valence-corrected chi connectivity index (χ0v) is 36.5. The van der Waals surface area contributed by atoms with Crippen molar-refractivity contribution in [1.29, 1.82) is 0 Å². The van der Waals surface area contributed by atoms with Gasteiger partial charge in [0, 0.05) is 11.8 Å². The number of hydrogen-bond acceptors (Lipinski definition) is 20. The highest BCUT2D eigenvalue weighted by Gasteiger charge is 2.71. The first-order valence-corrected chi connectivity index (χ1v) is 27.7. The summed E-state index contributed by atoms with van der Waals surface area (Å²) in [5, 5.41) is 20.7. The SMILES string of the molecule is NNS(=O)(=O)C1C2C3NC4NC(NC5NC(NC6NC(NC(N3)C2C(S(=O)(=O)NN)C(S(=O)(=O)NN)C1S(=O)(=O)NN)C1CCCCC61)C1CCCCC51)C1CCCCC41. The van der Waals surface area contributed by atoms with E-state index in [1.54, 1.807) is 19.3 Å². The van der Waals surface area contributed by atoms with E-state index in [-0.39, 0.29) is 48.3 Å². The summed E-state index contributed by atoms with van der Waals surface area (Å²) in [5.41, 5.74) is 0. The quantitative estimate of drug-likeness (QED) is 0.0795. The highest BCUT2D eigenvalue weighted by Crippen LogP contribution is 2.50. The van der Waals surface area contributed by atoms with Gasteiger partial charge in [0.15, 0.2) is 0 Å². The van der Waals surface area contributed by atoms with Crippen LogP contribution < -0.4 is 85.2 Å². The van der Waals surface area contributed by atoms with Crippen molar-refractivity contribution in [3.63, 3.8) is 0 Å². The Morgan fingerprint density at radius 2 is 0.483 bits per heavy atom. The second-order valence-electron chi connectivity index (χ2n) is 18.7. The lowest BCUT2D eigenvalue weighted by atomic mass is 9.75. The Hall–Kier alpha value is -0.840. The summed E-state index contributed by atoms with van der Waals surface area (Å²) >= 11 is 0. The zero-order valence-electron chi connectivity index (χ0n) is 33.2. The summed E-state index contributed by atoms with van der Waals surface area (Å²) in [4.78, 5) is 6.67. The van der Waals surface area contributed by atoms with E-state index >= 15 is 0 Å². The Labute approximate surface area is 352 Å². The molecule has 0 aromatic rings. The first-order chi connectivity index (χ1) is 28.5. The van der Waals surface area contributed by atoms with E-state index in [2.05, 4.69) is 42.5 Å². The van der Waals surface area contributed by atoms with Gasteiger partial charge in [0.2, 0.25) is 40.1 Å². The molecule has 0 aromatic heterocycles. The van der Waals surface area contributed by atoms with E-state index < -0.39 is 97.6 Å². The molecular weight excluding hydrogens is 865 g/mol. The second kappa shape index (κ2) is 16.5. The van der Waals surface area contributed by atoms with Crippen LogP contribution >= 0.6 is 0 Å². The molecule has 0 aromatic carbocycles. The Balaban J connectivity index is 1.22.